The molecule has 1 amide bonds. The van der Waals surface area contributed by atoms with Gasteiger partial charge in [0.25, 0.3) is 0 Å². The number of hydrogen-bond acceptors (Lipinski definition) is 9. The number of allylic oxidation sites excluding steroid dienone is 1. The minimum atomic E-state index is -0.814. The van der Waals surface area contributed by atoms with Gasteiger partial charge in [0.1, 0.15) is 34.7 Å². The second kappa shape index (κ2) is 11.3. The largest absolute Gasteiger partial charge is 0.456 e. The molecule has 4 bridgehead atoms. The molecule has 168 valence electrons. The summed E-state index contributed by atoms with van der Waals surface area (Å²) >= 11 is 7.15. The fourth-order valence-corrected chi connectivity index (χ4v) is 5.19. The number of esters is 1. The predicted octanol–water partition coefficient (Wildman–Crippen LogP) is 2.84. The van der Waals surface area contributed by atoms with Crippen LogP contribution in [0.2, 0.25) is 0 Å². The number of nitrogens with one attached hydrogen (secondary N) is 1. The van der Waals surface area contributed by atoms with Crippen molar-refractivity contribution in [3.8, 4) is 0 Å². The van der Waals surface area contributed by atoms with E-state index in [0.717, 1.165) is 15.7 Å². The number of ether oxygens (including phenoxy) is 1. The Morgan fingerprint density at radius 1 is 1.32 bits per heavy atom. The van der Waals surface area contributed by atoms with Crippen LogP contribution in [-0.2, 0) is 25.5 Å². The van der Waals surface area contributed by atoms with Crippen LogP contribution in [0.25, 0.3) is 0 Å². The molecule has 1 aromatic rings. The number of thioether (sulfide) groups is 1. The molecule has 0 saturated carbocycles. The molecule has 3 rings (SSSR count). The first-order valence-electron chi connectivity index (χ1n) is 10.3. The SMILES string of the molecule is CC(C)[C@@H]1NC(=O)[C@@H]2CSC(=N2)c2csc(n2)CCC(=O)C[C@@H](/C=C/CCS)OC1=O. The molecule has 0 fully saturated rings. The highest BCUT2D eigenvalue weighted by molar-refractivity contribution is 8.14. The average Bonchev–Trinajstić information content (AvgIpc) is 3.39. The lowest BCUT2D eigenvalue weighted by molar-refractivity contribution is -0.153. The Balaban J connectivity index is 1.87. The molecule has 0 saturated heterocycles. The first-order chi connectivity index (χ1) is 14.9. The number of aliphatic imine (C=N–C) groups is 1. The van der Waals surface area contributed by atoms with Crippen LogP contribution < -0.4 is 5.32 Å². The average molecular weight is 482 g/mol. The number of cyclic esters (lactones) is 1. The van der Waals surface area contributed by atoms with Gasteiger partial charge in [-0.05, 0) is 24.2 Å². The molecule has 7 nitrogen and oxygen atoms in total. The van der Waals surface area contributed by atoms with Crippen LogP contribution in [0.1, 0.15) is 43.8 Å². The summed E-state index contributed by atoms with van der Waals surface area (Å²) < 4.78 is 5.66. The number of ketones is 1. The van der Waals surface area contributed by atoms with E-state index < -0.39 is 24.2 Å². The Hall–Kier alpha value is -1.65. The van der Waals surface area contributed by atoms with Crippen LogP contribution in [-0.4, -0.2) is 57.4 Å². The summed E-state index contributed by atoms with van der Waals surface area (Å²) in [4.78, 5) is 47.4. The quantitative estimate of drug-likeness (QED) is 0.390. The number of aryl methyl sites for hydroxylation is 1. The van der Waals surface area contributed by atoms with E-state index in [1.165, 1.54) is 23.1 Å². The highest BCUT2D eigenvalue weighted by atomic mass is 32.2. The second-order valence-corrected chi connectivity index (χ2v) is 10.2. The number of carbonyl (C=O) groups excluding carboxylic acids is 3. The number of carbonyl (C=O) groups is 3. The third kappa shape index (κ3) is 6.66. The fourth-order valence-electron chi connectivity index (χ4n) is 3.19. The van der Waals surface area contributed by atoms with Crippen molar-refractivity contribution < 1.29 is 19.1 Å². The zero-order chi connectivity index (χ0) is 22.4. The van der Waals surface area contributed by atoms with Gasteiger partial charge in [-0.3, -0.25) is 14.6 Å². The molecule has 1 N–H and O–H groups in total. The molecule has 2 aliphatic rings. The molecule has 0 spiro atoms. The normalized spacial score (nSPS) is 25.6. The molecule has 3 heterocycles. The first-order valence-corrected chi connectivity index (χ1v) is 12.8. The van der Waals surface area contributed by atoms with Crippen LogP contribution in [0, 0.1) is 5.92 Å². The molecule has 2 aliphatic heterocycles. The summed E-state index contributed by atoms with van der Waals surface area (Å²) in [7, 11) is 0. The number of rotatable bonds is 4. The van der Waals surface area contributed by atoms with E-state index >= 15 is 0 Å². The minimum Gasteiger partial charge on any atom is -0.456 e. The van der Waals surface area contributed by atoms with Crippen LogP contribution in [0.5, 0.6) is 0 Å². The molecule has 1 aromatic heterocycles. The molecular formula is C21H27N3O4S3. The van der Waals surface area contributed by atoms with E-state index in [2.05, 4.69) is 27.9 Å². The maximum atomic E-state index is 12.9. The number of thiol groups is 1. The maximum absolute atomic E-state index is 12.9. The third-order valence-electron chi connectivity index (χ3n) is 4.90. The van der Waals surface area contributed by atoms with Crippen LogP contribution in [0.3, 0.4) is 0 Å². The lowest BCUT2D eigenvalue weighted by Crippen LogP contribution is -2.49. The maximum Gasteiger partial charge on any atom is 0.329 e. The van der Waals surface area contributed by atoms with Gasteiger partial charge in [0.05, 0.1) is 5.01 Å². The van der Waals surface area contributed by atoms with Gasteiger partial charge < -0.3 is 10.1 Å². The van der Waals surface area contributed by atoms with E-state index in [1.807, 2.05) is 25.3 Å². The van der Waals surface area contributed by atoms with E-state index in [4.69, 9.17) is 4.74 Å². The molecule has 31 heavy (non-hydrogen) atoms. The minimum absolute atomic E-state index is 0.00468. The zero-order valence-corrected chi connectivity index (χ0v) is 20.1. The predicted molar refractivity (Wildman–Crippen MR) is 127 cm³/mol. The van der Waals surface area contributed by atoms with Crippen molar-refractivity contribution in [1.82, 2.24) is 10.3 Å². The molecular weight excluding hydrogens is 454 g/mol. The number of nitrogens with zero attached hydrogens (tertiary/aromatic N) is 2. The number of hydrogen-bond donors (Lipinski definition) is 2. The number of thiazole rings is 1. The van der Waals surface area contributed by atoms with Gasteiger partial charge in [-0.25, -0.2) is 9.78 Å². The first kappa shape index (κ1) is 24.0. The van der Waals surface area contributed by atoms with Crippen molar-refractivity contribution in [3.05, 3.63) is 28.2 Å². The van der Waals surface area contributed by atoms with Crippen molar-refractivity contribution in [2.45, 2.75) is 57.7 Å². The Bertz CT molecular complexity index is 881. The Morgan fingerprint density at radius 3 is 2.87 bits per heavy atom. The number of fused-ring (bicyclic) bond motifs is 4. The zero-order valence-electron chi connectivity index (χ0n) is 17.6. The molecule has 10 heteroatoms. The van der Waals surface area contributed by atoms with Gasteiger partial charge in [0, 0.05) is 30.4 Å². The number of Topliss-reactive ketones (excluding diaryl/α,β-unsaturated/α-hetero) is 1. The Morgan fingerprint density at radius 2 is 2.13 bits per heavy atom. The van der Waals surface area contributed by atoms with Crippen molar-refractivity contribution >= 4 is 58.4 Å². The van der Waals surface area contributed by atoms with Gasteiger partial charge in [0.15, 0.2) is 0 Å². The van der Waals surface area contributed by atoms with E-state index in [0.29, 0.717) is 30.8 Å². The van der Waals surface area contributed by atoms with Gasteiger partial charge in [-0.2, -0.15) is 12.6 Å². The Labute approximate surface area is 195 Å². The Kier molecular flexibility index (Phi) is 8.74. The third-order valence-corrected chi connectivity index (χ3v) is 7.14. The lowest BCUT2D eigenvalue weighted by atomic mass is 10.0. The van der Waals surface area contributed by atoms with Crippen LogP contribution >= 0.6 is 35.7 Å². The summed E-state index contributed by atoms with van der Waals surface area (Å²) in [5.41, 5.74) is 0.743. The van der Waals surface area contributed by atoms with Gasteiger partial charge in [-0.1, -0.05) is 19.9 Å². The van der Waals surface area contributed by atoms with E-state index in [1.54, 1.807) is 6.08 Å². The van der Waals surface area contributed by atoms with Crippen molar-refractivity contribution in [2.24, 2.45) is 10.9 Å². The summed E-state index contributed by atoms with van der Waals surface area (Å²) in [6, 6.07) is -1.38. The molecule has 0 unspecified atom stereocenters. The van der Waals surface area contributed by atoms with Crippen molar-refractivity contribution in [3.63, 3.8) is 0 Å². The smallest absolute Gasteiger partial charge is 0.329 e. The van der Waals surface area contributed by atoms with Gasteiger partial charge in [0.2, 0.25) is 5.91 Å². The number of aromatic nitrogens is 1. The van der Waals surface area contributed by atoms with E-state index in [-0.39, 0.29) is 24.0 Å². The van der Waals surface area contributed by atoms with Crippen LogP contribution in [0.15, 0.2) is 22.5 Å². The van der Waals surface area contributed by atoms with Crippen molar-refractivity contribution in [2.75, 3.05) is 11.5 Å². The summed E-state index contributed by atoms with van der Waals surface area (Å²) in [6.45, 7) is 3.69. The monoisotopic (exact) mass is 481 g/mol. The molecule has 3 atom stereocenters. The topological polar surface area (TPSA) is 97.7 Å². The number of amides is 1. The summed E-state index contributed by atoms with van der Waals surface area (Å²) in [5.74, 6) is 0.132. The van der Waals surface area contributed by atoms with Gasteiger partial charge in [-0.15, -0.1) is 23.1 Å². The van der Waals surface area contributed by atoms with Crippen LogP contribution in [0.4, 0.5) is 0 Å². The van der Waals surface area contributed by atoms with E-state index in [9.17, 15) is 14.4 Å². The lowest BCUT2D eigenvalue weighted by Gasteiger charge is -2.24. The van der Waals surface area contributed by atoms with Gasteiger partial charge >= 0.3 is 5.97 Å². The highest BCUT2D eigenvalue weighted by Gasteiger charge is 2.33. The molecule has 0 aromatic carbocycles. The molecule has 0 aliphatic carbocycles. The van der Waals surface area contributed by atoms with Crippen molar-refractivity contribution in [1.29, 1.82) is 0 Å². The summed E-state index contributed by atoms with van der Waals surface area (Å²) in [6.07, 6.45) is 4.58. The standard InChI is InChI=1S/C21H27N3O4S3/c1-12(2)18-21(27)28-14(5-3-4-8-29)9-13(25)6-7-17-22-16(11-30-17)20-23-15(10-31-20)19(26)24-18/h3,5,11-12,14-15,18,29H,4,6-10H2,1-2H3,(H,24,26)/b5-3+/t14-,15+,18+/m1/s1. The summed E-state index contributed by atoms with van der Waals surface area (Å²) in [5, 5.41) is 6.29. The second-order valence-electron chi connectivity index (χ2n) is 7.78. The fraction of sp³-hybridized carbons (Fsp3) is 0.571. The highest BCUT2D eigenvalue weighted by Crippen LogP contribution is 2.26. The molecule has 0 radical (unpaired) electrons.